The second-order valence-electron chi connectivity index (χ2n) is 6.08. The molecule has 6 nitrogen and oxygen atoms in total. The number of methoxy groups -OCH3 is 1. The topological polar surface area (TPSA) is 74.6 Å². The number of anilines is 1. The van der Waals surface area contributed by atoms with Crippen molar-refractivity contribution in [3.8, 4) is 17.6 Å². The molecule has 7 heteroatoms. The molecule has 2 rings (SSSR count). The van der Waals surface area contributed by atoms with Gasteiger partial charge >= 0.3 is 0 Å². The second kappa shape index (κ2) is 10.5. The van der Waals surface area contributed by atoms with Crippen LogP contribution in [0.4, 0.5) is 5.69 Å². The Morgan fingerprint density at radius 1 is 1.21 bits per heavy atom. The smallest absolute Gasteiger partial charge is 0.238 e. The summed E-state index contributed by atoms with van der Waals surface area (Å²) in [4.78, 5) is 14.4. The highest BCUT2D eigenvalue weighted by molar-refractivity contribution is 6.32. The van der Waals surface area contributed by atoms with Crippen LogP contribution in [0.3, 0.4) is 0 Å². The Bertz CT molecular complexity index is 864. The van der Waals surface area contributed by atoms with Gasteiger partial charge in [0.05, 0.1) is 30.8 Å². The number of rotatable bonds is 9. The van der Waals surface area contributed by atoms with Gasteiger partial charge in [-0.25, -0.2) is 0 Å². The van der Waals surface area contributed by atoms with E-state index in [1.807, 2.05) is 43.0 Å². The van der Waals surface area contributed by atoms with Crippen LogP contribution in [0.25, 0.3) is 0 Å². The zero-order chi connectivity index (χ0) is 20.5. The zero-order valence-corrected chi connectivity index (χ0v) is 17.0. The molecule has 0 aliphatic heterocycles. The summed E-state index contributed by atoms with van der Waals surface area (Å²) in [7, 11) is 1.61. The van der Waals surface area contributed by atoms with Gasteiger partial charge in [-0.2, -0.15) is 5.26 Å². The van der Waals surface area contributed by atoms with Crippen LogP contribution in [0.15, 0.2) is 36.4 Å². The Labute approximate surface area is 170 Å². The van der Waals surface area contributed by atoms with E-state index >= 15 is 0 Å². The summed E-state index contributed by atoms with van der Waals surface area (Å²) in [5.41, 5.74) is 1.96. The van der Waals surface area contributed by atoms with Gasteiger partial charge < -0.3 is 14.8 Å². The maximum atomic E-state index is 12.4. The van der Waals surface area contributed by atoms with Crippen molar-refractivity contribution in [3.63, 3.8) is 0 Å². The number of nitriles is 1. The summed E-state index contributed by atoms with van der Waals surface area (Å²) < 4.78 is 10.9. The zero-order valence-electron chi connectivity index (χ0n) is 16.3. The van der Waals surface area contributed by atoms with E-state index in [-0.39, 0.29) is 12.5 Å². The number of halogens is 1. The van der Waals surface area contributed by atoms with E-state index in [1.54, 1.807) is 25.3 Å². The third kappa shape index (κ3) is 5.88. The minimum absolute atomic E-state index is 0.152. The predicted molar refractivity (Wildman–Crippen MR) is 110 cm³/mol. The van der Waals surface area contributed by atoms with E-state index in [0.717, 1.165) is 5.56 Å². The number of likely N-dealkylation sites (N-methyl/N-ethyl adjacent to an activating group) is 1. The molecular formula is C21H24ClN3O3. The standard InChI is InChI=1S/C21H24ClN3O3/c1-4-25(13-15-6-9-19(28-5-2)20(10-15)27-3)14-21(26)24-17-8-7-16(12-23)18(22)11-17/h6-11H,4-5,13-14H2,1-3H3,(H,24,26). The lowest BCUT2D eigenvalue weighted by Gasteiger charge is -2.21. The average molecular weight is 402 g/mol. The first-order valence-corrected chi connectivity index (χ1v) is 9.40. The molecule has 2 aromatic rings. The molecule has 0 spiro atoms. The molecule has 0 aliphatic carbocycles. The van der Waals surface area contributed by atoms with Crippen molar-refractivity contribution >= 4 is 23.2 Å². The number of benzene rings is 2. The van der Waals surface area contributed by atoms with Crippen molar-refractivity contribution < 1.29 is 14.3 Å². The molecule has 0 atom stereocenters. The summed E-state index contributed by atoms with van der Waals surface area (Å²) in [6.07, 6.45) is 0. The van der Waals surface area contributed by atoms with Crippen molar-refractivity contribution in [3.05, 3.63) is 52.5 Å². The van der Waals surface area contributed by atoms with Crippen LogP contribution in [0.5, 0.6) is 11.5 Å². The SMILES string of the molecule is CCOc1ccc(CN(CC)CC(=O)Nc2ccc(C#N)c(Cl)c2)cc1OC. The van der Waals surface area contributed by atoms with Crippen LogP contribution in [0, 0.1) is 11.3 Å². The molecule has 1 N–H and O–H groups in total. The lowest BCUT2D eigenvalue weighted by atomic mass is 10.2. The molecule has 0 saturated carbocycles. The molecule has 0 unspecified atom stereocenters. The Morgan fingerprint density at radius 3 is 2.61 bits per heavy atom. The van der Waals surface area contributed by atoms with Crippen LogP contribution in [-0.4, -0.2) is 37.6 Å². The second-order valence-corrected chi connectivity index (χ2v) is 6.48. The summed E-state index contributed by atoms with van der Waals surface area (Å²) in [6, 6.07) is 12.6. The Morgan fingerprint density at radius 2 is 2.00 bits per heavy atom. The van der Waals surface area contributed by atoms with Gasteiger partial charge in [-0.1, -0.05) is 24.6 Å². The van der Waals surface area contributed by atoms with E-state index in [0.29, 0.717) is 47.5 Å². The van der Waals surface area contributed by atoms with E-state index in [4.69, 9.17) is 26.3 Å². The summed E-state index contributed by atoms with van der Waals surface area (Å²) >= 11 is 6.01. The quantitative estimate of drug-likeness (QED) is 0.685. The number of amides is 1. The molecule has 0 fully saturated rings. The first kappa shape index (κ1) is 21.5. The van der Waals surface area contributed by atoms with Gasteiger partial charge in [0.2, 0.25) is 5.91 Å². The molecule has 0 radical (unpaired) electrons. The molecule has 0 heterocycles. The highest BCUT2D eigenvalue weighted by Crippen LogP contribution is 2.28. The first-order valence-electron chi connectivity index (χ1n) is 9.02. The number of nitrogens with one attached hydrogen (secondary N) is 1. The molecule has 148 valence electrons. The minimum Gasteiger partial charge on any atom is -0.493 e. The van der Waals surface area contributed by atoms with Crippen molar-refractivity contribution in [2.75, 3.05) is 32.1 Å². The maximum absolute atomic E-state index is 12.4. The van der Waals surface area contributed by atoms with Crippen LogP contribution >= 0.6 is 11.6 Å². The predicted octanol–water partition coefficient (Wildman–Crippen LogP) is 4.08. The molecule has 0 saturated heterocycles. The summed E-state index contributed by atoms with van der Waals surface area (Å²) in [6.45, 7) is 6.02. The van der Waals surface area contributed by atoms with Gasteiger partial charge in [0.15, 0.2) is 11.5 Å². The van der Waals surface area contributed by atoms with Crippen LogP contribution in [-0.2, 0) is 11.3 Å². The lowest BCUT2D eigenvalue weighted by molar-refractivity contribution is -0.117. The minimum atomic E-state index is -0.152. The third-order valence-electron chi connectivity index (χ3n) is 4.12. The van der Waals surface area contributed by atoms with E-state index < -0.39 is 0 Å². The van der Waals surface area contributed by atoms with Crippen LogP contribution in [0.2, 0.25) is 5.02 Å². The van der Waals surface area contributed by atoms with Gasteiger partial charge in [-0.05, 0) is 49.4 Å². The molecule has 0 aliphatic rings. The summed E-state index contributed by atoms with van der Waals surface area (Å²) in [5, 5.41) is 12.0. The maximum Gasteiger partial charge on any atom is 0.238 e. The van der Waals surface area contributed by atoms with Gasteiger partial charge in [0.1, 0.15) is 6.07 Å². The fraction of sp³-hybridized carbons (Fsp3) is 0.333. The van der Waals surface area contributed by atoms with Crippen molar-refractivity contribution in [2.24, 2.45) is 0 Å². The van der Waals surface area contributed by atoms with Crippen LogP contribution < -0.4 is 14.8 Å². The molecular weight excluding hydrogens is 378 g/mol. The highest BCUT2D eigenvalue weighted by atomic mass is 35.5. The summed E-state index contributed by atoms with van der Waals surface area (Å²) in [5.74, 6) is 1.22. The van der Waals surface area contributed by atoms with E-state index in [2.05, 4.69) is 5.32 Å². The number of carbonyl (C=O) groups excluding carboxylic acids is 1. The Kier molecular flexibility index (Phi) is 8.12. The number of hydrogen-bond acceptors (Lipinski definition) is 5. The molecule has 0 aromatic heterocycles. The van der Waals surface area contributed by atoms with Gasteiger partial charge in [-0.15, -0.1) is 0 Å². The monoisotopic (exact) mass is 401 g/mol. The van der Waals surface area contributed by atoms with Gasteiger partial charge in [0.25, 0.3) is 0 Å². The molecule has 0 bridgehead atoms. The molecule has 1 amide bonds. The lowest BCUT2D eigenvalue weighted by Crippen LogP contribution is -2.32. The third-order valence-corrected chi connectivity index (χ3v) is 4.43. The first-order chi connectivity index (χ1) is 13.5. The number of nitrogens with zero attached hydrogens (tertiary/aromatic N) is 2. The largest absolute Gasteiger partial charge is 0.493 e. The van der Waals surface area contributed by atoms with Crippen molar-refractivity contribution in [1.82, 2.24) is 4.90 Å². The molecule has 2 aromatic carbocycles. The Balaban J connectivity index is 2.01. The van der Waals surface area contributed by atoms with E-state index in [9.17, 15) is 4.79 Å². The van der Waals surface area contributed by atoms with Crippen molar-refractivity contribution in [2.45, 2.75) is 20.4 Å². The number of hydrogen-bond donors (Lipinski definition) is 1. The fourth-order valence-electron chi connectivity index (χ4n) is 2.71. The van der Waals surface area contributed by atoms with Crippen molar-refractivity contribution in [1.29, 1.82) is 5.26 Å². The Hall–Kier alpha value is -2.75. The number of ether oxygens (including phenoxy) is 2. The average Bonchev–Trinajstić information content (AvgIpc) is 2.68. The highest BCUT2D eigenvalue weighted by Gasteiger charge is 2.13. The van der Waals surface area contributed by atoms with Gasteiger partial charge in [0, 0.05) is 12.2 Å². The number of carbonyl (C=O) groups is 1. The van der Waals surface area contributed by atoms with Crippen LogP contribution in [0.1, 0.15) is 25.0 Å². The molecule has 28 heavy (non-hydrogen) atoms. The van der Waals surface area contributed by atoms with Gasteiger partial charge in [-0.3, -0.25) is 9.69 Å². The fourth-order valence-corrected chi connectivity index (χ4v) is 2.93. The van der Waals surface area contributed by atoms with E-state index in [1.165, 1.54) is 0 Å². The normalized spacial score (nSPS) is 10.4.